The number of benzene rings is 1. The molecule has 0 aromatic heterocycles. The van der Waals surface area contributed by atoms with Gasteiger partial charge in [0, 0.05) is 32.7 Å². The third-order valence-electron chi connectivity index (χ3n) is 2.89. The van der Waals surface area contributed by atoms with Crippen LogP contribution in [0.1, 0.15) is 31.7 Å². The van der Waals surface area contributed by atoms with E-state index >= 15 is 0 Å². The lowest BCUT2D eigenvalue weighted by molar-refractivity contribution is -0.128. The van der Waals surface area contributed by atoms with Crippen LogP contribution in [0, 0.1) is 0 Å². The van der Waals surface area contributed by atoms with E-state index in [2.05, 4.69) is 36.5 Å². The first-order chi connectivity index (χ1) is 8.63. The van der Waals surface area contributed by atoms with Crippen molar-refractivity contribution in [1.29, 1.82) is 0 Å². The van der Waals surface area contributed by atoms with Crippen molar-refractivity contribution in [3.63, 3.8) is 0 Å². The molecule has 0 aliphatic carbocycles. The molecule has 100 valence electrons. The number of aryl methyl sites for hydroxylation is 1. The molecule has 1 aromatic carbocycles. The zero-order valence-electron chi connectivity index (χ0n) is 11.7. The number of rotatable bonds is 7. The van der Waals surface area contributed by atoms with Crippen LogP contribution in [0.15, 0.2) is 24.3 Å². The van der Waals surface area contributed by atoms with Crippen molar-refractivity contribution in [3.8, 4) is 0 Å². The number of hydrogen-bond acceptors (Lipinski definition) is 2. The minimum atomic E-state index is 0.190. The van der Waals surface area contributed by atoms with E-state index in [0.29, 0.717) is 6.42 Å². The van der Waals surface area contributed by atoms with Gasteiger partial charge in [-0.05, 0) is 30.5 Å². The van der Waals surface area contributed by atoms with Crippen molar-refractivity contribution in [2.24, 2.45) is 0 Å². The van der Waals surface area contributed by atoms with Crippen molar-refractivity contribution in [3.05, 3.63) is 29.8 Å². The Morgan fingerprint density at radius 2 is 1.89 bits per heavy atom. The van der Waals surface area contributed by atoms with Gasteiger partial charge >= 0.3 is 0 Å². The molecule has 0 saturated carbocycles. The highest BCUT2D eigenvalue weighted by Gasteiger charge is 2.02. The maximum atomic E-state index is 11.4. The van der Waals surface area contributed by atoms with Crippen LogP contribution in [0.5, 0.6) is 0 Å². The molecule has 0 spiro atoms. The number of carbonyl (C=O) groups excluding carboxylic acids is 1. The summed E-state index contributed by atoms with van der Waals surface area (Å²) in [5.74, 6) is 0.190. The number of nitrogens with one attached hydrogen (secondary N) is 1. The summed E-state index contributed by atoms with van der Waals surface area (Å²) in [6.45, 7) is 3.03. The first-order valence-electron chi connectivity index (χ1n) is 6.66. The molecule has 1 N–H and O–H groups in total. The van der Waals surface area contributed by atoms with Crippen LogP contribution in [0.25, 0.3) is 0 Å². The van der Waals surface area contributed by atoms with Crippen LogP contribution in [0.3, 0.4) is 0 Å². The van der Waals surface area contributed by atoms with Crippen LogP contribution in [0.4, 0.5) is 5.69 Å². The molecular weight excluding hydrogens is 224 g/mol. The number of amides is 1. The molecule has 1 aromatic rings. The third kappa shape index (κ3) is 5.21. The molecule has 0 unspecified atom stereocenters. The zero-order chi connectivity index (χ0) is 13.4. The molecule has 0 aliphatic rings. The number of carbonyl (C=O) groups is 1. The maximum absolute atomic E-state index is 11.4. The van der Waals surface area contributed by atoms with Gasteiger partial charge in [-0.25, -0.2) is 0 Å². The lowest BCUT2D eigenvalue weighted by atomic mass is 10.1. The Balaban J connectivity index is 2.25. The second-order valence-electron chi connectivity index (χ2n) is 4.77. The fourth-order valence-electron chi connectivity index (χ4n) is 1.77. The van der Waals surface area contributed by atoms with E-state index in [1.165, 1.54) is 12.0 Å². The molecule has 18 heavy (non-hydrogen) atoms. The zero-order valence-corrected chi connectivity index (χ0v) is 11.7. The van der Waals surface area contributed by atoms with Gasteiger partial charge in [-0.3, -0.25) is 4.79 Å². The van der Waals surface area contributed by atoms with Gasteiger partial charge in [0.25, 0.3) is 0 Å². The molecule has 0 bridgehead atoms. The fourth-order valence-corrected chi connectivity index (χ4v) is 1.77. The van der Waals surface area contributed by atoms with E-state index < -0.39 is 0 Å². The van der Waals surface area contributed by atoms with Gasteiger partial charge in [0.05, 0.1) is 0 Å². The molecule has 0 saturated heterocycles. The molecule has 1 rings (SSSR count). The minimum absolute atomic E-state index is 0.190. The smallest absolute Gasteiger partial charge is 0.222 e. The molecule has 3 nitrogen and oxygen atoms in total. The SMILES string of the molecule is CCCc1ccc(NCCCC(=O)N(C)C)cc1. The number of nitrogens with zero attached hydrogens (tertiary/aromatic N) is 1. The van der Waals surface area contributed by atoms with Gasteiger partial charge in [-0.1, -0.05) is 25.5 Å². The van der Waals surface area contributed by atoms with E-state index in [1.54, 1.807) is 19.0 Å². The molecule has 0 radical (unpaired) electrons. The van der Waals surface area contributed by atoms with Gasteiger partial charge in [0.1, 0.15) is 0 Å². The van der Waals surface area contributed by atoms with Crippen molar-refractivity contribution in [1.82, 2.24) is 4.90 Å². The van der Waals surface area contributed by atoms with Crippen LogP contribution >= 0.6 is 0 Å². The average Bonchev–Trinajstić information content (AvgIpc) is 2.36. The Bertz CT molecular complexity index is 357. The largest absolute Gasteiger partial charge is 0.385 e. The Kier molecular flexibility index (Phi) is 6.26. The quantitative estimate of drug-likeness (QED) is 0.752. The van der Waals surface area contributed by atoms with E-state index in [-0.39, 0.29) is 5.91 Å². The number of anilines is 1. The highest BCUT2D eigenvalue weighted by molar-refractivity contribution is 5.75. The predicted octanol–water partition coefficient (Wildman–Crippen LogP) is 2.92. The Morgan fingerprint density at radius 3 is 2.44 bits per heavy atom. The molecule has 3 heteroatoms. The van der Waals surface area contributed by atoms with E-state index in [1.807, 2.05) is 0 Å². The van der Waals surface area contributed by atoms with E-state index in [0.717, 1.165) is 25.1 Å². The summed E-state index contributed by atoms with van der Waals surface area (Å²) in [5, 5.41) is 3.34. The summed E-state index contributed by atoms with van der Waals surface area (Å²) in [6, 6.07) is 8.55. The standard InChI is InChI=1S/C15H24N2O/c1-4-6-13-8-10-14(11-9-13)16-12-5-7-15(18)17(2)3/h8-11,16H,4-7,12H2,1-3H3. The highest BCUT2D eigenvalue weighted by atomic mass is 16.2. The molecule has 1 amide bonds. The normalized spacial score (nSPS) is 10.2. The fraction of sp³-hybridized carbons (Fsp3) is 0.533. The first kappa shape index (κ1) is 14.6. The topological polar surface area (TPSA) is 32.3 Å². The van der Waals surface area contributed by atoms with Crippen molar-refractivity contribution < 1.29 is 4.79 Å². The highest BCUT2D eigenvalue weighted by Crippen LogP contribution is 2.11. The summed E-state index contributed by atoms with van der Waals surface area (Å²) in [7, 11) is 3.59. The van der Waals surface area contributed by atoms with Gasteiger partial charge < -0.3 is 10.2 Å². The van der Waals surface area contributed by atoms with E-state index in [9.17, 15) is 4.79 Å². The van der Waals surface area contributed by atoms with Gasteiger partial charge in [-0.2, -0.15) is 0 Å². The lowest BCUT2D eigenvalue weighted by Gasteiger charge is -2.10. The molecule has 0 atom stereocenters. The van der Waals surface area contributed by atoms with Crippen LogP contribution in [0.2, 0.25) is 0 Å². The van der Waals surface area contributed by atoms with Crippen LogP contribution in [-0.4, -0.2) is 31.4 Å². The second kappa shape index (κ2) is 7.75. The molecular formula is C15H24N2O. The minimum Gasteiger partial charge on any atom is -0.385 e. The summed E-state index contributed by atoms with van der Waals surface area (Å²) < 4.78 is 0. The summed E-state index contributed by atoms with van der Waals surface area (Å²) >= 11 is 0. The first-order valence-corrected chi connectivity index (χ1v) is 6.66. The maximum Gasteiger partial charge on any atom is 0.222 e. The van der Waals surface area contributed by atoms with Crippen LogP contribution < -0.4 is 5.32 Å². The van der Waals surface area contributed by atoms with E-state index in [4.69, 9.17) is 0 Å². The van der Waals surface area contributed by atoms with Crippen molar-refractivity contribution in [2.75, 3.05) is 26.0 Å². The molecule has 0 aliphatic heterocycles. The Morgan fingerprint density at radius 1 is 1.22 bits per heavy atom. The van der Waals surface area contributed by atoms with Crippen molar-refractivity contribution in [2.45, 2.75) is 32.6 Å². The van der Waals surface area contributed by atoms with Gasteiger partial charge in [0.15, 0.2) is 0 Å². The average molecular weight is 248 g/mol. The molecule has 0 fully saturated rings. The summed E-state index contributed by atoms with van der Waals surface area (Å²) in [4.78, 5) is 13.0. The summed E-state index contributed by atoms with van der Waals surface area (Å²) in [5.41, 5.74) is 2.51. The van der Waals surface area contributed by atoms with Crippen molar-refractivity contribution >= 4 is 11.6 Å². The Labute approximate surface area is 110 Å². The third-order valence-corrected chi connectivity index (χ3v) is 2.89. The Hall–Kier alpha value is -1.51. The molecule has 0 heterocycles. The second-order valence-corrected chi connectivity index (χ2v) is 4.77. The summed E-state index contributed by atoms with van der Waals surface area (Å²) in [6.07, 6.45) is 3.79. The van der Waals surface area contributed by atoms with Gasteiger partial charge in [0.2, 0.25) is 5.91 Å². The number of hydrogen-bond donors (Lipinski definition) is 1. The lowest BCUT2D eigenvalue weighted by Crippen LogP contribution is -2.22. The monoisotopic (exact) mass is 248 g/mol. The predicted molar refractivity (Wildman–Crippen MR) is 76.9 cm³/mol. The van der Waals surface area contributed by atoms with Crippen LogP contribution in [-0.2, 0) is 11.2 Å². The van der Waals surface area contributed by atoms with Gasteiger partial charge in [-0.15, -0.1) is 0 Å².